The van der Waals surface area contributed by atoms with Crippen LogP contribution in [0.2, 0.25) is 5.15 Å². The van der Waals surface area contributed by atoms with Gasteiger partial charge in [0, 0.05) is 0 Å². The molecule has 0 saturated carbocycles. The third-order valence-electron chi connectivity index (χ3n) is 2.15. The Hall–Kier alpha value is -0.810. The number of aromatic nitrogens is 1. The molecule has 1 aromatic rings. The van der Waals surface area contributed by atoms with E-state index in [1.54, 1.807) is 0 Å². The number of thiazole rings is 1. The second-order valence-electron chi connectivity index (χ2n) is 3.81. The molecule has 90 valence electrons. The van der Waals surface area contributed by atoms with E-state index in [1.807, 2.05) is 20.8 Å². The summed E-state index contributed by atoms with van der Waals surface area (Å²) in [5.74, 6) is -0.494. The van der Waals surface area contributed by atoms with Crippen molar-refractivity contribution in [3.8, 4) is 5.19 Å². The lowest BCUT2D eigenvalue weighted by Gasteiger charge is -2.22. The molecule has 0 aliphatic heterocycles. The monoisotopic (exact) mass is 263 g/mol. The molecule has 0 N–H and O–H groups in total. The van der Waals surface area contributed by atoms with Gasteiger partial charge in [0.15, 0.2) is 10.0 Å². The van der Waals surface area contributed by atoms with E-state index in [2.05, 4.69) is 9.72 Å². The van der Waals surface area contributed by atoms with Crippen molar-refractivity contribution in [2.24, 2.45) is 0 Å². The van der Waals surface area contributed by atoms with Crippen LogP contribution in [0.15, 0.2) is 0 Å². The lowest BCUT2D eigenvalue weighted by molar-refractivity contribution is 0.0606. The van der Waals surface area contributed by atoms with E-state index >= 15 is 0 Å². The van der Waals surface area contributed by atoms with Gasteiger partial charge in [-0.15, -0.1) is 0 Å². The van der Waals surface area contributed by atoms with Crippen molar-refractivity contribution in [3.05, 3.63) is 10.0 Å². The van der Waals surface area contributed by atoms with E-state index in [0.717, 1.165) is 17.8 Å². The Balaban J connectivity index is 2.89. The second-order valence-corrected chi connectivity index (χ2v) is 5.13. The predicted molar refractivity (Wildman–Crippen MR) is 63.5 cm³/mol. The molecule has 0 aromatic carbocycles. The molecule has 0 bridgehead atoms. The van der Waals surface area contributed by atoms with Gasteiger partial charge in [0.25, 0.3) is 5.19 Å². The molecular formula is C10H14ClNO3S. The largest absolute Gasteiger partial charge is 0.465 e. The molecule has 1 heterocycles. The van der Waals surface area contributed by atoms with Gasteiger partial charge in [0.05, 0.1) is 7.11 Å². The average molecular weight is 264 g/mol. The summed E-state index contributed by atoms with van der Waals surface area (Å²) in [5, 5.41) is 0.510. The van der Waals surface area contributed by atoms with Crippen molar-refractivity contribution in [1.82, 2.24) is 4.98 Å². The minimum Gasteiger partial charge on any atom is -0.465 e. The second kappa shape index (κ2) is 5.01. The lowest BCUT2D eigenvalue weighted by atomic mass is 10.1. The lowest BCUT2D eigenvalue weighted by Crippen LogP contribution is -2.26. The zero-order valence-electron chi connectivity index (χ0n) is 9.67. The van der Waals surface area contributed by atoms with Gasteiger partial charge < -0.3 is 9.47 Å². The number of nitrogens with zero attached hydrogens (tertiary/aromatic N) is 1. The molecule has 0 spiro atoms. The Morgan fingerprint density at radius 3 is 2.69 bits per heavy atom. The number of hydrogen-bond acceptors (Lipinski definition) is 5. The summed E-state index contributed by atoms with van der Waals surface area (Å²) >= 11 is 6.90. The van der Waals surface area contributed by atoms with Gasteiger partial charge in [-0.25, -0.2) is 4.79 Å². The number of ether oxygens (including phenoxy) is 2. The maximum atomic E-state index is 11.3. The van der Waals surface area contributed by atoms with Crippen LogP contribution in [0, 0.1) is 0 Å². The SMILES string of the molecule is CCC(C)(C)Oc1nc(Cl)c(C(=O)OC)s1. The smallest absolute Gasteiger partial charge is 0.351 e. The van der Waals surface area contributed by atoms with Crippen LogP contribution in [-0.2, 0) is 4.74 Å². The van der Waals surface area contributed by atoms with Crippen molar-refractivity contribution in [2.75, 3.05) is 7.11 Å². The topological polar surface area (TPSA) is 48.4 Å². The Morgan fingerprint density at radius 2 is 2.19 bits per heavy atom. The fourth-order valence-electron chi connectivity index (χ4n) is 0.854. The van der Waals surface area contributed by atoms with E-state index in [0.29, 0.717) is 5.19 Å². The summed E-state index contributed by atoms with van der Waals surface area (Å²) in [7, 11) is 1.30. The summed E-state index contributed by atoms with van der Waals surface area (Å²) in [6.45, 7) is 5.90. The first-order valence-corrected chi connectivity index (χ1v) is 6.02. The van der Waals surface area contributed by atoms with Crippen LogP contribution in [-0.4, -0.2) is 23.7 Å². The standard InChI is InChI=1S/C10H14ClNO3S/c1-5-10(2,3)15-9-12-7(11)6(16-9)8(13)14-4/h5H2,1-4H3. The van der Waals surface area contributed by atoms with Crippen molar-refractivity contribution < 1.29 is 14.3 Å². The van der Waals surface area contributed by atoms with Crippen LogP contribution < -0.4 is 4.74 Å². The predicted octanol–water partition coefficient (Wildman–Crippen LogP) is 3.15. The number of halogens is 1. The fraction of sp³-hybridized carbons (Fsp3) is 0.600. The number of rotatable bonds is 4. The molecule has 0 radical (unpaired) electrons. The van der Waals surface area contributed by atoms with E-state index in [1.165, 1.54) is 7.11 Å². The molecule has 0 aliphatic carbocycles. The highest BCUT2D eigenvalue weighted by atomic mass is 35.5. The third-order valence-corrected chi connectivity index (χ3v) is 3.45. The van der Waals surface area contributed by atoms with Crippen molar-refractivity contribution in [3.63, 3.8) is 0 Å². The maximum absolute atomic E-state index is 11.3. The molecule has 0 aliphatic rings. The zero-order chi connectivity index (χ0) is 12.3. The van der Waals surface area contributed by atoms with Crippen molar-refractivity contribution in [2.45, 2.75) is 32.8 Å². The van der Waals surface area contributed by atoms with Gasteiger partial charge in [0.1, 0.15) is 5.60 Å². The molecule has 16 heavy (non-hydrogen) atoms. The number of methoxy groups -OCH3 is 1. The molecule has 0 unspecified atom stereocenters. The van der Waals surface area contributed by atoms with Gasteiger partial charge >= 0.3 is 5.97 Å². The Kier molecular flexibility index (Phi) is 4.15. The highest BCUT2D eigenvalue weighted by Crippen LogP contribution is 2.32. The van der Waals surface area contributed by atoms with Crippen molar-refractivity contribution >= 4 is 28.9 Å². The maximum Gasteiger partial charge on any atom is 0.351 e. The Morgan fingerprint density at radius 1 is 1.56 bits per heavy atom. The number of hydrogen-bond donors (Lipinski definition) is 0. The van der Waals surface area contributed by atoms with Crippen LogP contribution in [0.25, 0.3) is 0 Å². The quantitative estimate of drug-likeness (QED) is 0.783. The summed E-state index contributed by atoms with van der Waals surface area (Å²) in [4.78, 5) is 15.5. The zero-order valence-corrected chi connectivity index (χ0v) is 11.2. The molecule has 4 nitrogen and oxygen atoms in total. The first-order valence-electron chi connectivity index (χ1n) is 4.83. The average Bonchev–Trinajstić information content (AvgIpc) is 2.57. The summed E-state index contributed by atoms with van der Waals surface area (Å²) in [6.07, 6.45) is 0.831. The molecule has 1 rings (SSSR count). The van der Waals surface area contributed by atoms with E-state index in [9.17, 15) is 4.79 Å². The molecule has 0 amide bonds. The van der Waals surface area contributed by atoms with E-state index < -0.39 is 5.97 Å². The van der Waals surface area contributed by atoms with Crippen LogP contribution >= 0.6 is 22.9 Å². The first kappa shape index (κ1) is 13.3. The highest BCUT2D eigenvalue weighted by Gasteiger charge is 2.23. The summed E-state index contributed by atoms with van der Waals surface area (Å²) in [5.41, 5.74) is -0.325. The number of carbonyl (C=O) groups is 1. The Bertz CT molecular complexity index is 389. The molecule has 6 heteroatoms. The fourth-order valence-corrected chi connectivity index (χ4v) is 2.05. The van der Waals surface area contributed by atoms with Gasteiger partial charge in [-0.05, 0) is 20.3 Å². The third kappa shape index (κ3) is 3.09. The normalized spacial score (nSPS) is 11.3. The minimum absolute atomic E-state index is 0.124. The Labute approximate surface area is 104 Å². The molecule has 0 saturated heterocycles. The van der Waals surface area contributed by atoms with Crippen LogP contribution in [0.5, 0.6) is 5.19 Å². The molecular weight excluding hydrogens is 250 g/mol. The van der Waals surface area contributed by atoms with E-state index in [-0.39, 0.29) is 15.6 Å². The van der Waals surface area contributed by atoms with Gasteiger partial charge in [0.2, 0.25) is 0 Å². The van der Waals surface area contributed by atoms with Crippen LogP contribution in [0.1, 0.15) is 36.9 Å². The minimum atomic E-state index is -0.494. The van der Waals surface area contributed by atoms with Crippen LogP contribution in [0.4, 0.5) is 0 Å². The van der Waals surface area contributed by atoms with Crippen molar-refractivity contribution in [1.29, 1.82) is 0 Å². The van der Waals surface area contributed by atoms with Gasteiger partial charge in [-0.1, -0.05) is 29.9 Å². The summed E-state index contributed by atoms with van der Waals surface area (Å²) in [6, 6.07) is 0. The highest BCUT2D eigenvalue weighted by molar-refractivity contribution is 7.15. The molecule has 0 fully saturated rings. The van der Waals surface area contributed by atoms with Crippen LogP contribution in [0.3, 0.4) is 0 Å². The first-order chi connectivity index (χ1) is 7.39. The molecule has 0 atom stereocenters. The summed E-state index contributed by atoms with van der Waals surface area (Å²) < 4.78 is 10.2. The van der Waals surface area contributed by atoms with Gasteiger partial charge in [-0.3, -0.25) is 0 Å². The number of esters is 1. The number of carbonyl (C=O) groups excluding carboxylic acids is 1. The molecule has 1 aromatic heterocycles. The van der Waals surface area contributed by atoms with E-state index in [4.69, 9.17) is 16.3 Å². The van der Waals surface area contributed by atoms with Gasteiger partial charge in [-0.2, -0.15) is 4.98 Å².